The standard InChI is InChI=1S/C16H11ClN4O3S2/c17-12-5-2-4-11(8-12)14(22)18-15-19-20-16(26-15)25-9-10-3-1-6-13(7-10)21(23)24/h1-8H,9H2,(H,18,19,22). The predicted octanol–water partition coefficient (Wildman–Crippen LogP) is 4.64. The Morgan fingerprint density at radius 2 is 2.04 bits per heavy atom. The maximum atomic E-state index is 12.2. The van der Waals surface area contributed by atoms with Gasteiger partial charge in [0.15, 0.2) is 4.34 Å². The molecule has 0 bridgehead atoms. The zero-order valence-electron chi connectivity index (χ0n) is 13.1. The van der Waals surface area contributed by atoms with E-state index in [1.54, 1.807) is 30.3 Å². The maximum absolute atomic E-state index is 12.2. The summed E-state index contributed by atoms with van der Waals surface area (Å²) in [5.41, 5.74) is 1.29. The van der Waals surface area contributed by atoms with E-state index in [4.69, 9.17) is 11.6 Å². The van der Waals surface area contributed by atoms with E-state index in [9.17, 15) is 14.9 Å². The highest BCUT2D eigenvalue weighted by molar-refractivity contribution is 8.00. The number of nitro benzene ring substituents is 1. The number of thioether (sulfide) groups is 1. The molecule has 0 spiro atoms. The largest absolute Gasteiger partial charge is 0.296 e. The van der Waals surface area contributed by atoms with Gasteiger partial charge < -0.3 is 0 Å². The van der Waals surface area contributed by atoms with Gasteiger partial charge in [0.2, 0.25) is 5.13 Å². The lowest BCUT2D eigenvalue weighted by Crippen LogP contribution is -2.11. The summed E-state index contributed by atoms with van der Waals surface area (Å²) in [7, 11) is 0. The molecule has 1 N–H and O–H groups in total. The number of non-ortho nitro benzene ring substituents is 1. The number of rotatable bonds is 6. The first-order valence-corrected chi connectivity index (χ1v) is 9.46. The van der Waals surface area contributed by atoms with Crippen LogP contribution < -0.4 is 5.32 Å². The Morgan fingerprint density at radius 1 is 1.23 bits per heavy atom. The highest BCUT2D eigenvalue weighted by Crippen LogP contribution is 2.29. The predicted molar refractivity (Wildman–Crippen MR) is 102 cm³/mol. The summed E-state index contributed by atoms with van der Waals surface area (Å²) < 4.78 is 0.651. The van der Waals surface area contributed by atoms with Gasteiger partial charge in [0.05, 0.1) is 4.92 Å². The van der Waals surface area contributed by atoms with E-state index in [0.29, 0.717) is 25.8 Å². The van der Waals surface area contributed by atoms with Gasteiger partial charge in [0.1, 0.15) is 0 Å². The van der Waals surface area contributed by atoms with Gasteiger partial charge in [-0.05, 0) is 23.8 Å². The fraction of sp³-hybridized carbons (Fsp3) is 0.0625. The first kappa shape index (κ1) is 18.3. The topological polar surface area (TPSA) is 98.0 Å². The number of hydrogen-bond donors (Lipinski definition) is 1. The lowest BCUT2D eigenvalue weighted by molar-refractivity contribution is -0.384. The smallest absolute Gasteiger partial charge is 0.269 e. The number of carbonyl (C=O) groups excluding carboxylic acids is 1. The van der Waals surface area contributed by atoms with Crippen LogP contribution in [0.15, 0.2) is 52.9 Å². The molecule has 0 atom stereocenters. The van der Waals surface area contributed by atoms with E-state index < -0.39 is 4.92 Å². The number of benzene rings is 2. The Hall–Kier alpha value is -2.49. The molecule has 0 radical (unpaired) electrons. The first-order chi connectivity index (χ1) is 12.5. The van der Waals surface area contributed by atoms with Gasteiger partial charge in [-0.2, -0.15) is 0 Å². The molecule has 0 aliphatic rings. The second-order valence-electron chi connectivity index (χ2n) is 5.05. The minimum absolute atomic E-state index is 0.0508. The van der Waals surface area contributed by atoms with Crippen LogP contribution in [0.3, 0.4) is 0 Å². The lowest BCUT2D eigenvalue weighted by atomic mass is 10.2. The molecule has 3 rings (SSSR count). The fourth-order valence-electron chi connectivity index (χ4n) is 2.02. The highest BCUT2D eigenvalue weighted by Gasteiger charge is 2.12. The van der Waals surface area contributed by atoms with Crippen LogP contribution in [0.1, 0.15) is 15.9 Å². The van der Waals surface area contributed by atoms with E-state index in [1.165, 1.54) is 35.2 Å². The van der Waals surface area contributed by atoms with E-state index in [-0.39, 0.29) is 11.6 Å². The number of halogens is 1. The fourth-order valence-corrected chi connectivity index (χ4v) is 3.90. The molecular weight excluding hydrogens is 396 g/mol. The normalized spacial score (nSPS) is 10.5. The molecular formula is C16H11ClN4O3S2. The maximum Gasteiger partial charge on any atom is 0.269 e. The molecule has 0 saturated heterocycles. The molecule has 26 heavy (non-hydrogen) atoms. The molecule has 2 aromatic carbocycles. The van der Waals surface area contributed by atoms with Crippen LogP contribution >= 0.6 is 34.7 Å². The van der Waals surface area contributed by atoms with Crippen LogP contribution in [-0.2, 0) is 5.75 Å². The van der Waals surface area contributed by atoms with Gasteiger partial charge >= 0.3 is 0 Å². The Balaban J connectivity index is 1.60. The van der Waals surface area contributed by atoms with Crippen molar-refractivity contribution in [2.24, 2.45) is 0 Å². The third-order valence-electron chi connectivity index (χ3n) is 3.20. The molecule has 1 aromatic heterocycles. The quantitative estimate of drug-likeness (QED) is 0.277. The lowest BCUT2D eigenvalue weighted by Gasteiger charge is -2.01. The third-order valence-corrected chi connectivity index (χ3v) is 5.48. The molecule has 0 aliphatic carbocycles. The summed E-state index contributed by atoms with van der Waals surface area (Å²) in [5.74, 6) is 0.192. The van der Waals surface area contributed by atoms with Gasteiger partial charge in [-0.25, -0.2) is 0 Å². The Bertz CT molecular complexity index is 964. The summed E-state index contributed by atoms with van der Waals surface area (Å²) >= 11 is 8.50. The van der Waals surface area contributed by atoms with Gasteiger partial charge in [0.25, 0.3) is 11.6 Å². The van der Waals surface area contributed by atoms with Crippen molar-refractivity contribution in [3.8, 4) is 0 Å². The molecule has 0 unspecified atom stereocenters. The second-order valence-corrected chi connectivity index (χ2v) is 7.69. The summed E-state index contributed by atoms with van der Waals surface area (Å²) in [5, 5.41) is 22.3. The van der Waals surface area contributed by atoms with Crippen molar-refractivity contribution in [1.29, 1.82) is 0 Å². The minimum atomic E-state index is -0.428. The number of nitrogens with zero attached hydrogens (tertiary/aromatic N) is 3. The number of aromatic nitrogens is 2. The average Bonchev–Trinajstić information content (AvgIpc) is 3.07. The summed E-state index contributed by atoms with van der Waals surface area (Å²) in [6.07, 6.45) is 0. The first-order valence-electron chi connectivity index (χ1n) is 7.28. The van der Waals surface area contributed by atoms with Gasteiger partial charge in [-0.3, -0.25) is 20.2 Å². The highest BCUT2D eigenvalue weighted by atomic mass is 35.5. The van der Waals surface area contributed by atoms with Crippen molar-refractivity contribution < 1.29 is 9.72 Å². The van der Waals surface area contributed by atoms with Gasteiger partial charge in [-0.15, -0.1) is 10.2 Å². The molecule has 7 nitrogen and oxygen atoms in total. The zero-order chi connectivity index (χ0) is 18.5. The molecule has 10 heteroatoms. The average molecular weight is 407 g/mol. The van der Waals surface area contributed by atoms with Gasteiger partial charge in [0, 0.05) is 28.5 Å². The molecule has 0 saturated carbocycles. The number of amides is 1. The van der Waals surface area contributed by atoms with E-state index in [2.05, 4.69) is 15.5 Å². The minimum Gasteiger partial charge on any atom is -0.296 e. The van der Waals surface area contributed by atoms with Crippen LogP contribution in [-0.4, -0.2) is 21.0 Å². The number of nitro groups is 1. The van der Waals surface area contributed by atoms with E-state index in [1.807, 2.05) is 6.07 Å². The van der Waals surface area contributed by atoms with Crippen LogP contribution in [0.5, 0.6) is 0 Å². The second kappa shape index (κ2) is 8.26. The number of hydrogen-bond acceptors (Lipinski definition) is 7. The zero-order valence-corrected chi connectivity index (χ0v) is 15.5. The van der Waals surface area contributed by atoms with E-state index >= 15 is 0 Å². The van der Waals surface area contributed by atoms with Crippen molar-refractivity contribution in [2.45, 2.75) is 10.1 Å². The Kier molecular flexibility index (Phi) is 5.82. The molecule has 0 fully saturated rings. The van der Waals surface area contributed by atoms with E-state index in [0.717, 1.165) is 5.56 Å². The summed E-state index contributed by atoms with van der Waals surface area (Å²) in [6.45, 7) is 0. The van der Waals surface area contributed by atoms with Crippen molar-refractivity contribution in [1.82, 2.24) is 10.2 Å². The number of anilines is 1. The van der Waals surface area contributed by atoms with Crippen molar-refractivity contribution in [3.63, 3.8) is 0 Å². The monoisotopic (exact) mass is 406 g/mol. The van der Waals surface area contributed by atoms with Crippen LogP contribution in [0, 0.1) is 10.1 Å². The number of nitrogens with one attached hydrogen (secondary N) is 1. The SMILES string of the molecule is O=C(Nc1nnc(SCc2cccc([N+](=O)[O-])c2)s1)c1cccc(Cl)c1. The molecule has 0 aliphatic heterocycles. The Labute approximate surface area is 161 Å². The van der Waals surface area contributed by atoms with Gasteiger partial charge in [-0.1, -0.05) is 52.9 Å². The van der Waals surface area contributed by atoms with Crippen molar-refractivity contribution in [3.05, 3.63) is 74.8 Å². The Morgan fingerprint density at radius 3 is 2.81 bits per heavy atom. The van der Waals surface area contributed by atoms with Crippen LogP contribution in [0.25, 0.3) is 0 Å². The number of carbonyl (C=O) groups is 1. The molecule has 132 valence electrons. The third kappa shape index (κ3) is 4.78. The van der Waals surface area contributed by atoms with Crippen LogP contribution in [0.4, 0.5) is 10.8 Å². The summed E-state index contributed by atoms with van der Waals surface area (Å²) in [6, 6.07) is 13.0. The van der Waals surface area contributed by atoms with Crippen molar-refractivity contribution >= 4 is 51.4 Å². The molecule has 3 aromatic rings. The van der Waals surface area contributed by atoms with Crippen LogP contribution in [0.2, 0.25) is 5.02 Å². The summed E-state index contributed by atoms with van der Waals surface area (Å²) in [4.78, 5) is 22.5. The molecule has 1 heterocycles. The molecule has 1 amide bonds. The van der Waals surface area contributed by atoms with Crippen molar-refractivity contribution in [2.75, 3.05) is 5.32 Å².